The number of carbonyl (C=O) groups excluding carboxylic acids is 2. The number of amides is 1. The molecule has 1 amide bonds. The van der Waals surface area contributed by atoms with Crippen LogP contribution in [0.3, 0.4) is 0 Å². The molecular formula is C22H26F6N2O3. The van der Waals surface area contributed by atoms with Crippen molar-refractivity contribution in [3.8, 4) is 5.75 Å². The lowest BCUT2D eigenvalue weighted by Gasteiger charge is -2.41. The molecule has 0 spiro atoms. The van der Waals surface area contributed by atoms with Crippen LogP contribution in [0.4, 0.5) is 26.3 Å². The first-order chi connectivity index (χ1) is 15.4. The normalized spacial score (nSPS) is 22.8. The van der Waals surface area contributed by atoms with Gasteiger partial charge in [-0.1, -0.05) is 12.8 Å². The standard InChI is InChI=1S/C22H26F6N2O3/c1-2-33-18-12-13(21(23,24)25)11-15(22(26,27)28)19(18)20(32)29-16-5-3-4-6-17(16)30-9-7-14(31)8-10-30/h11-12,16-17H,2-10H2,1H3,(H,29,32)/t16-,17+/m1/s1. The fraction of sp³-hybridized carbons (Fsp3) is 0.636. The van der Waals surface area contributed by atoms with Gasteiger partial charge in [-0.25, -0.2) is 0 Å². The van der Waals surface area contributed by atoms with E-state index in [9.17, 15) is 35.9 Å². The average molecular weight is 480 g/mol. The van der Waals surface area contributed by atoms with E-state index in [-0.39, 0.29) is 24.5 Å². The maximum atomic E-state index is 13.7. The van der Waals surface area contributed by atoms with Crippen LogP contribution in [0.2, 0.25) is 0 Å². The predicted octanol–water partition coefficient (Wildman–Crippen LogP) is 4.83. The monoisotopic (exact) mass is 480 g/mol. The van der Waals surface area contributed by atoms with Gasteiger partial charge >= 0.3 is 12.4 Å². The quantitative estimate of drug-likeness (QED) is 0.614. The smallest absolute Gasteiger partial charge is 0.417 e. The first-order valence-electron chi connectivity index (χ1n) is 10.9. The summed E-state index contributed by atoms with van der Waals surface area (Å²) in [7, 11) is 0. The highest BCUT2D eigenvalue weighted by molar-refractivity contribution is 5.99. The maximum absolute atomic E-state index is 13.7. The minimum absolute atomic E-state index is 0.0496. The second-order valence-corrected chi connectivity index (χ2v) is 8.33. The van der Waals surface area contributed by atoms with Crippen molar-refractivity contribution in [3.63, 3.8) is 0 Å². The van der Waals surface area contributed by atoms with Crippen molar-refractivity contribution in [1.29, 1.82) is 0 Å². The van der Waals surface area contributed by atoms with Crippen LogP contribution in [0.1, 0.15) is 66.9 Å². The number of hydrogen-bond acceptors (Lipinski definition) is 4. The molecule has 184 valence electrons. The van der Waals surface area contributed by atoms with Gasteiger partial charge in [-0.05, 0) is 31.9 Å². The summed E-state index contributed by atoms with van der Waals surface area (Å²) in [6.07, 6.45) is -6.62. The van der Waals surface area contributed by atoms with E-state index >= 15 is 0 Å². The van der Waals surface area contributed by atoms with Gasteiger partial charge in [0, 0.05) is 38.0 Å². The van der Waals surface area contributed by atoms with Gasteiger partial charge in [0.2, 0.25) is 0 Å². The number of piperidine rings is 1. The molecule has 33 heavy (non-hydrogen) atoms. The van der Waals surface area contributed by atoms with Crippen LogP contribution in [0, 0.1) is 0 Å². The zero-order valence-electron chi connectivity index (χ0n) is 18.1. The Labute approximate surface area is 187 Å². The van der Waals surface area contributed by atoms with Crippen molar-refractivity contribution in [1.82, 2.24) is 10.2 Å². The summed E-state index contributed by atoms with van der Waals surface area (Å²) in [6.45, 7) is 2.21. The molecule has 1 aliphatic carbocycles. The van der Waals surface area contributed by atoms with E-state index in [4.69, 9.17) is 4.74 Å². The van der Waals surface area contributed by atoms with E-state index in [1.54, 1.807) is 0 Å². The Morgan fingerprint density at radius 2 is 1.70 bits per heavy atom. The zero-order valence-corrected chi connectivity index (χ0v) is 18.1. The molecule has 0 bridgehead atoms. The summed E-state index contributed by atoms with van der Waals surface area (Å²) in [5.74, 6) is -1.74. The van der Waals surface area contributed by atoms with Crippen molar-refractivity contribution in [2.75, 3.05) is 19.7 Å². The molecule has 5 nitrogen and oxygen atoms in total. The summed E-state index contributed by atoms with van der Waals surface area (Å²) in [5.41, 5.74) is -4.17. The van der Waals surface area contributed by atoms with E-state index < -0.39 is 46.7 Å². The molecule has 1 heterocycles. The van der Waals surface area contributed by atoms with Gasteiger partial charge in [0.1, 0.15) is 11.5 Å². The highest BCUT2D eigenvalue weighted by atomic mass is 19.4. The fourth-order valence-corrected chi connectivity index (χ4v) is 4.57. The average Bonchev–Trinajstić information content (AvgIpc) is 2.73. The van der Waals surface area contributed by atoms with Gasteiger partial charge in [0.15, 0.2) is 0 Å². The van der Waals surface area contributed by atoms with Crippen molar-refractivity contribution in [2.45, 2.75) is 69.9 Å². The van der Waals surface area contributed by atoms with E-state index in [2.05, 4.69) is 10.2 Å². The molecule has 0 radical (unpaired) electrons. The number of nitrogens with one attached hydrogen (secondary N) is 1. The highest BCUT2D eigenvalue weighted by Gasteiger charge is 2.42. The number of likely N-dealkylation sites (tertiary alicyclic amines) is 1. The zero-order chi connectivity index (χ0) is 24.4. The Bertz CT molecular complexity index is 874. The molecule has 1 saturated carbocycles. The van der Waals surface area contributed by atoms with Gasteiger partial charge in [0.25, 0.3) is 5.91 Å². The Hall–Kier alpha value is -2.30. The van der Waals surface area contributed by atoms with Gasteiger partial charge in [0.05, 0.1) is 23.3 Å². The van der Waals surface area contributed by atoms with Gasteiger partial charge in [-0.15, -0.1) is 0 Å². The Kier molecular flexibility index (Phi) is 7.60. The minimum atomic E-state index is -5.20. The number of Topliss-reactive ketones (excluding diaryl/α,β-unsaturated/α-hetero) is 1. The largest absolute Gasteiger partial charge is 0.493 e. The number of carbonyl (C=O) groups is 2. The van der Waals surface area contributed by atoms with E-state index in [1.165, 1.54) is 6.92 Å². The van der Waals surface area contributed by atoms with Gasteiger partial charge < -0.3 is 10.1 Å². The van der Waals surface area contributed by atoms with Gasteiger partial charge in [-0.3, -0.25) is 14.5 Å². The van der Waals surface area contributed by atoms with E-state index in [1.807, 2.05) is 0 Å². The minimum Gasteiger partial charge on any atom is -0.493 e. The lowest BCUT2D eigenvalue weighted by molar-refractivity contribution is -0.143. The number of ether oxygens (including phenoxy) is 1. The van der Waals surface area contributed by atoms with Crippen molar-refractivity contribution >= 4 is 11.7 Å². The first-order valence-corrected chi connectivity index (χ1v) is 10.9. The van der Waals surface area contributed by atoms with Crippen LogP contribution in [0.25, 0.3) is 0 Å². The number of nitrogens with zero attached hydrogens (tertiary/aromatic N) is 1. The third kappa shape index (κ3) is 5.99. The van der Waals surface area contributed by atoms with Crippen molar-refractivity contribution in [2.24, 2.45) is 0 Å². The molecule has 2 atom stereocenters. The topological polar surface area (TPSA) is 58.6 Å². The van der Waals surface area contributed by atoms with Crippen LogP contribution in [-0.2, 0) is 17.1 Å². The second kappa shape index (κ2) is 9.90. The molecule has 3 rings (SSSR count). The van der Waals surface area contributed by atoms with E-state index in [0.29, 0.717) is 44.8 Å². The second-order valence-electron chi connectivity index (χ2n) is 8.33. The van der Waals surface area contributed by atoms with E-state index in [0.717, 1.165) is 12.8 Å². The summed E-state index contributed by atoms with van der Waals surface area (Å²) in [5, 5.41) is 2.64. The number of halogens is 6. The number of alkyl halides is 6. The first kappa shape index (κ1) is 25.3. The van der Waals surface area contributed by atoms with Crippen LogP contribution in [0.5, 0.6) is 5.75 Å². The SMILES string of the molecule is CCOc1cc(C(F)(F)F)cc(C(F)(F)F)c1C(=O)N[C@@H]1CCCC[C@@H]1N1CCC(=O)CC1. The molecule has 11 heteroatoms. The maximum Gasteiger partial charge on any atom is 0.417 e. The Morgan fingerprint density at radius 1 is 1.06 bits per heavy atom. The van der Waals surface area contributed by atoms with Crippen LogP contribution < -0.4 is 10.1 Å². The number of hydrogen-bond donors (Lipinski definition) is 1. The highest BCUT2D eigenvalue weighted by Crippen LogP contribution is 2.41. The number of ketones is 1. The van der Waals surface area contributed by atoms with Gasteiger partial charge in [-0.2, -0.15) is 26.3 Å². The molecule has 0 aromatic heterocycles. The molecule has 2 aliphatic rings. The predicted molar refractivity (Wildman–Crippen MR) is 107 cm³/mol. The van der Waals surface area contributed by atoms with Crippen LogP contribution in [-0.4, -0.2) is 48.4 Å². The summed E-state index contributed by atoms with van der Waals surface area (Å²) < 4.78 is 85.9. The molecule has 1 aromatic carbocycles. The van der Waals surface area contributed by atoms with Crippen molar-refractivity contribution < 1.29 is 40.7 Å². The number of rotatable bonds is 5. The summed E-state index contributed by atoms with van der Waals surface area (Å²) in [4.78, 5) is 26.7. The number of benzene rings is 1. The molecule has 0 unspecified atom stereocenters. The fourth-order valence-electron chi connectivity index (χ4n) is 4.57. The molecule has 1 aromatic rings. The third-order valence-corrected chi connectivity index (χ3v) is 6.13. The lowest BCUT2D eigenvalue weighted by Crippen LogP contribution is -2.55. The van der Waals surface area contributed by atoms with Crippen LogP contribution >= 0.6 is 0 Å². The van der Waals surface area contributed by atoms with Crippen LogP contribution in [0.15, 0.2) is 12.1 Å². The Morgan fingerprint density at radius 3 is 2.27 bits per heavy atom. The third-order valence-electron chi connectivity index (χ3n) is 6.13. The molecule has 2 fully saturated rings. The Balaban J connectivity index is 1.95. The molecule has 1 saturated heterocycles. The summed E-state index contributed by atoms with van der Waals surface area (Å²) >= 11 is 0. The van der Waals surface area contributed by atoms with Crippen molar-refractivity contribution in [3.05, 3.63) is 28.8 Å². The summed E-state index contributed by atoms with van der Waals surface area (Å²) in [6, 6.07) is -0.263. The lowest BCUT2D eigenvalue weighted by atomic mass is 9.87. The molecule has 1 aliphatic heterocycles. The molecule has 1 N–H and O–H groups in total. The molecular weight excluding hydrogens is 454 g/mol.